The number of hydroxylamine groups is 2. The van der Waals surface area contributed by atoms with Gasteiger partial charge in [-0.25, -0.2) is 4.98 Å². The number of benzene rings is 2. The molecule has 0 aliphatic carbocycles. The summed E-state index contributed by atoms with van der Waals surface area (Å²) in [4.78, 5) is 21.5. The van der Waals surface area contributed by atoms with Crippen LogP contribution in [-0.4, -0.2) is 23.0 Å². The highest BCUT2D eigenvalue weighted by molar-refractivity contribution is 6.31. The number of pyridine rings is 1. The fourth-order valence-corrected chi connectivity index (χ4v) is 2.60. The second kappa shape index (κ2) is 6.84. The lowest BCUT2D eigenvalue weighted by atomic mass is 10.0. The highest BCUT2D eigenvalue weighted by Crippen LogP contribution is 2.33. The van der Waals surface area contributed by atoms with E-state index in [0.29, 0.717) is 17.8 Å². The Bertz CT molecular complexity index is 971. The summed E-state index contributed by atoms with van der Waals surface area (Å²) in [5.74, 6) is -0.782. The summed E-state index contributed by atoms with van der Waals surface area (Å²) in [6.45, 7) is 0. The van der Waals surface area contributed by atoms with Gasteiger partial charge in [-0.15, -0.1) is 0 Å². The van der Waals surface area contributed by atoms with Gasteiger partial charge in [0.1, 0.15) is 5.02 Å². The molecule has 26 heavy (non-hydrogen) atoms. The van der Waals surface area contributed by atoms with Gasteiger partial charge in [-0.3, -0.25) is 4.79 Å². The number of alkyl halides is 3. The number of halogens is 4. The Morgan fingerprint density at radius 2 is 1.85 bits per heavy atom. The molecule has 0 fully saturated rings. The van der Waals surface area contributed by atoms with Gasteiger partial charge in [-0.05, 0) is 22.9 Å². The lowest BCUT2D eigenvalue weighted by molar-refractivity contribution is -0.137. The molecule has 1 heterocycles. The minimum atomic E-state index is -4.57. The van der Waals surface area contributed by atoms with Crippen LogP contribution >= 0.6 is 11.6 Å². The first kappa shape index (κ1) is 18.0. The molecule has 0 atom stereocenters. The first-order chi connectivity index (χ1) is 12.3. The zero-order valence-corrected chi connectivity index (χ0v) is 14.2. The van der Waals surface area contributed by atoms with Crippen LogP contribution in [0.1, 0.15) is 15.9 Å². The van der Waals surface area contributed by atoms with Crippen LogP contribution in [0.15, 0.2) is 54.7 Å². The molecule has 0 saturated carbocycles. The van der Waals surface area contributed by atoms with Crippen molar-refractivity contribution in [2.75, 3.05) is 7.05 Å². The van der Waals surface area contributed by atoms with Gasteiger partial charge in [0.15, 0.2) is 0 Å². The topological polar surface area (TPSA) is 42.4 Å². The van der Waals surface area contributed by atoms with Crippen LogP contribution in [0.5, 0.6) is 5.88 Å². The van der Waals surface area contributed by atoms with Gasteiger partial charge in [0.25, 0.3) is 11.8 Å². The third kappa shape index (κ3) is 3.57. The third-order valence-electron chi connectivity index (χ3n) is 3.66. The molecule has 0 unspecified atom stereocenters. The lowest BCUT2D eigenvalue weighted by Crippen LogP contribution is -2.30. The first-order valence-corrected chi connectivity index (χ1v) is 7.81. The van der Waals surface area contributed by atoms with Crippen LogP contribution in [0.3, 0.4) is 0 Å². The molecule has 8 heteroatoms. The van der Waals surface area contributed by atoms with E-state index in [0.717, 1.165) is 15.8 Å². The minimum absolute atomic E-state index is 0.296. The monoisotopic (exact) mass is 380 g/mol. The number of rotatable bonds is 3. The molecule has 0 spiro atoms. The van der Waals surface area contributed by atoms with Crippen LogP contribution in [-0.2, 0) is 6.18 Å². The molecular weight excluding hydrogens is 369 g/mol. The summed E-state index contributed by atoms with van der Waals surface area (Å²) in [6, 6.07) is 13.2. The number of carbonyl (C=O) groups is 1. The van der Waals surface area contributed by atoms with Gasteiger partial charge in [-0.1, -0.05) is 48.0 Å². The number of carbonyl (C=O) groups excluding carboxylic acids is 1. The number of fused-ring (bicyclic) bond motifs is 1. The van der Waals surface area contributed by atoms with E-state index in [9.17, 15) is 18.0 Å². The van der Waals surface area contributed by atoms with Crippen molar-refractivity contribution in [3.05, 3.63) is 70.9 Å². The van der Waals surface area contributed by atoms with Crippen LogP contribution < -0.4 is 4.84 Å². The van der Waals surface area contributed by atoms with E-state index in [1.54, 1.807) is 24.3 Å². The normalized spacial score (nSPS) is 11.4. The Morgan fingerprint density at radius 3 is 2.54 bits per heavy atom. The van der Waals surface area contributed by atoms with Crippen molar-refractivity contribution in [1.29, 1.82) is 0 Å². The molecule has 0 aliphatic heterocycles. The average molecular weight is 381 g/mol. The van der Waals surface area contributed by atoms with Crippen LogP contribution in [0.25, 0.3) is 10.8 Å². The van der Waals surface area contributed by atoms with E-state index in [1.165, 1.54) is 7.05 Å². The van der Waals surface area contributed by atoms with Crippen LogP contribution in [0, 0.1) is 0 Å². The second-order valence-corrected chi connectivity index (χ2v) is 5.84. The van der Waals surface area contributed by atoms with E-state index in [-0.39, 0.29) is 10.9 Å². The third-order valence-corrected chi connectivity index (χ3v) is 3.93. The zero-order valence-electron chi connectivity index (χ0n) is 13.4. The molecule has 4 nitrogen and oxygen atoms in total. The standard InChI is InChI=1S/C18H12ClF3N2O2/c1-24(26-16-15(19)9-12(10-23-16)18(20,21)22)17(25)14-8-4-6-11-5-2-3-7-13(11)14/h2-10H,1H3. The van der Waals surface area contributed by atoms with E-state index in [1.807, 2.05) is 18.2 Å². The Morgan fingerprint density at radius 1 is 1.15 bits per heavy atom. The van der Waals surface area contributed by atoms with Gasteiger partial charge in [0.05, 0.1) is 11.1 Å². The largest absolute Gasteiger partial charge is 0.417 e. The number of amides is 1. The molecule has 3 aromatic rings. The maximum Gasteiger partial charge on any atom is 0.417 e. The SMILES string of the molecule is CN(Oc1ncc(C(F)(F)F)cc1Cl)C(=O)c1cccc2ccccc12. The average Bonchev–Trinajstić information content (AvgIpc) is 2.61. The van der Waals surface area contributed by atoms with Gasteiger partial charge in [0.2, 0.25) is 0 Å². The minimum Gasteiger partial charge on any atom is -0.355 e. The predicted octanol–water partition coefficient (Wildman–Crippen LogP) is 4.97. The predicted molar refractivity (Wildman–Crippen MR) is 90.9 cm³/mol. The molecule has 0 aliphatic rings. The summed E-state index contributed by atoms with van der Waals surface area (Å²) >= 11 is 5.80. The van der Waals surface area contributed by atoms with E-state index in [2.05, 4.69) is 4.98 Å². The molecule has 134 valence electrons. The van der Waals surface area contributed by atoms with Crippen molar-refractivity contribution in [3.63, 3.8) is 0 Å². The van der Waals surface area contributed by atoms with E-state index >= 15 is 0 Å². The maximum atomic E-state index is 12.7. The highest BCUT2D eigenvalue weighted by atomic mass is 35.5. The molecule has 2 aromatic carbocycles. The van der Waals surface area contributed by atoms with Crippen molar-refractivity contribution < 1.29 is 22.8 Å². The Kier molecular flexibility index (Phi) is 4.73. The molecule has 0 N–H and O–H groups in total. The quantitative estimate of drug-likeness (QED) is 0.602. The van der Waals surface area contributed by atoms with Crippen molar-refractivity contribution in [2.24, 2.45) is 0 Å². The van der Waals surface area contributed by atoms with Crippen molar-refractivity contribution in [1.82, 2.24) is 10.0 Å². The molecule has 0 bridgehead atoms. The smallest absolute Gasteiger partial charge is 0.355 e. The summed E-state index contributed by atoms with van der Waals surface area (Å²) in [7, 11) is 1.33. The molecule has 3 rings (SSSR count). The van der Waals surface area contributed by atoms with Gasteiger partial charge >= 0.3 is 6.18 Å². The summed E-state index contributed by atoms with van der Waals surface area (Å²) < 4.78 is 38.0. The fraction of sp³-hybridized carbons (Fsp3) is 0.111. The summed E-state index contributed by atoms with van der Waals surface area (Å²) in [6.07, 6.45) is -3.97. The van der Waals surface area contributed by atoms with E-state index < -0.39 is 17.6 Å². The number of aromatic nitrogens is 1. The Labute approximate surface area is 151 Å². The van der Waals surface area contributed by atoms with Crippen molar-refractivity contribution in [3.8, 4) is 5.88 Å². The van der Waals surface area contributed by atoms with Gasteiger partial charge in [0, 0.05) is 13.2 Å². The molecule has 1 amide bonds. The molecule has 0 radical (unpaired) electrons. The number of hydrogen-bond acceptors (Lipinski definition) is 3. The number of hydrogen-bond donors (Lipinski definition) is 0. The van der Waals surface area contributed by atoms with Gasteiger partial charge in [-0.2, -0.15) is 18.2 Å². The molecular formula is C18H12ClF3N2O2. The van der Waals surface area contributed by atoms with Crippen molar-refractivity contribution in [2.45, 2.75) is 6.18 Å². The Balaban J connectivity index is 1.86. The summed E-state index contributed by atoms with van der Waals surface area (Å²) in [5.41, 5.74) is -0.619. The number of nitrogens with zero attached hydrogens (tertiary/aromatic N) is 2. The van der Waals surface area contributed by atoms with E-state index in [4.69, 9.17) is 16.4 Å². The van der Waals surface area contributed by atoms with Crippen LogP contribution in [0.2, 0.25) is 5.02 Å². The maximum absolute atomic E-state index is 12.7. The highest BCUT2D eigenvalue weighted by Gasteiger charge is 2.32. The van der Waals surface area contributed by atoms with Crippen molar-refractivity contribution >= 4 is 28.3 Å². The summed E-state index contributed by atoms with van der Waals surface area (Å²) in [5, 5.41) is 2.13. The molecule has 1 aromatic heterocycles. The first-order valence-electron chi connectivity index (χ1n) is 7.44. The fourth-order valence-electron chi connectivity index (χ4n) is 2.40. The lowest BCUT2D eigenvalue weighted by Gasteiger charge is -2.19. The van der Waals surface area contributed by atoms with Gasteiger partial charge < -0.3 is 4.84 Å². The second-order valence-electron chi connectivity index (χ2n) is 5.43. The Hall–Kier alpha value is -2.80. The molecule has 0 saturated heterocycles. The van der Waals surface area contributed by atoms with Crippen LogP contribution in [0.4, 0.5) is 13.2 Å². The zero-order chi connectivity index (χ0) is 18.9.